The zero-order valence-electron chi connectivity index (χ0n) is 18.8. The third-order valence-electron chi connectivity index (χ3n) is 4.21. The summed E-state index contributed by atoms with van der Waals surface area (Å²) < 4.78 is 69.2. The molecule has 1 aliphatic heterocycles. The zero-order valence-corrected chi connectivity index (χ0v) is 19.6. The van der Waals surface area contributed by atoms with Crippen molar-refractivity contribution in [3.8, 4) is 64.8 Å². The molecule has 0 atom stereocenters. The third-order valence-corrected chi connectivity index (χ3v) is 4.61. The van der Waals surface area contributed by atoms with Gasteiger partial charge in [0.25, 0.3) is 0 Å². The van der Waals surface area contributed by atoms with Crippen molar-refractivity contribution in [1.82, 2.24) is 29.9 Å². The number of hydrogen-bond donors (Lipinski definition) is 1. The standard InChI is InChI=1S/C20H14N6O10S/c1-30-15-21-17-25-19(23-15)34-12-7-13(9-14(8-12)36-37(27,28)29)35-20-24-16(31-2)22-18(26-20)33-11-5-3-4-10(6-11)32-17/h3-9H,1-2H3,(H,27,28,29). The number of rotatable bonds is 4. The van der Waals surface area contributed by atoms with Gasteiger partial charge in [0.05, 0.1) is 14.2 Å². The minimum Gasteiger partial charge on any atom is -0.467 e. The van der Waals surface area contributed by atoms with Crippen LogP contribution >= 0.6 is 0 Å². The van der Waals surface area contributed by atoms with Gasteiger partial charge < -0.3 is 32.6 Å². The van der Waals surface area contributed by atoms with Gasteiger partial charge in [-0.2, -0.15) is 8.42 Å². The van der Waals surface area contributed by atoms with Crippen LogP contribution in [0.1, 0.15) is 0 Å². The number of aromatic nitrogens is 6. The fourth-order valence-corrected chi connectivity index (χ4v) is 3.20. The molecule has 5 rings (SSSR count). The van der Waals surface area contributed by atoms with Crippen LogP contribution in [0.4, 0.5) is 0 Å². The summed E-state index contributed by atoms with van der Waals surface area (Å²) in [5.41, 5.74) is 0. The lowest BCUT2D eigenvalue weighted by Crippen LogP contribution is -2.07. The van der Waals surface area contributed by atoms with Gasteiger partial charge in [-0.25, -0.2) is 0 Å². The van der Waals surface area contributed by atoms with Gasteiger partial charge in [0, 0.05) is 24.3 Å². The van der Waals surface area contributed by atoms with E-state index < -0.39 is 10.4 Å². The Morgan fingerprint density at radius 1 is 0.649 bits per heavy atom. The van der Waals surface area contributed by atoms with Crippen molar-refractivity contribution in [1.29, 1.82) is 0 Å². The predicted octanol–water partition coefficient (Wildman–Crippen LogP) is 2.74. The Labute approximate surface area is 207 Å². The Hall–Kier alpha value is -5.03. The quantitative estimate of drug-likeness (QED) is 0.332. The molecular formula is C20H14N6O10S. The van der Waals surface area contributed by atoms with Crippen LogP contribution in [0.3, 0.4) is 0 Å². The van der Waals surface area contributed by atoms with Gasteiger partial charge >= 0.3 is 46.5 Å². The summed E-state index contributed by atoms with van der Waals surface area (Å²) in [6.45, 7) is 0. The molecule has 4 aromatic rings. The number of benzene rings is 2. The highest BCUT2D eigenvalue weighted by atomic mass is 32.3. The van der Waals surface area contributed by atoms with Crippen molar-refractivity contribution >= 4 is 10.4 Å². The highest BCUT2D eigenvalue weighted by Gasteiger charge is 2.18. The summed E-state index contributed by atoms with van der Waals surface area (Å²) in [5.74, 6) is -0.00998. The van der Waals surface area contributed by atoms with Gasteiger partial charge in [-0.1, -0.05) is 6.07 Å². The summed E-state index contributed by atoms with van der Waals surface area (Å²) in [5, 5.41) is 0. The summed E-state index contributed by atoms with van der Waals surface area (Å²) in [6.07, 6.45) is 0. The first-order valence-corrected chi connectivity index (χ1v) is 11.3. The van der Waals surface area contributed by atoms with Gasteiger partial charge in [-0.3, -0.25) is 4.55 Å². The molecule has 0 saturated carbocycles. The highest BCUT2D eigenvalue weighted by molar-refractivity contribution is 7.81. The number of methoxy groups -OCH3 is 2. The van der Waals surface area contributed by atoms with Crippen LogP contribution in [-0.4, -0.2) is 57.1 Å². The van der Waals surface area contributed by atoms with Crippen molar-refractivity contribution in [2.75, 3.05) is 14.2 Å². The molecule has 0 unspecified atom stereocenters. The summed E-state index contributed by atoms with van der Waals surface area (Å²) in [4.78, 5) is 24.2. The first kappa shape index (κ1) is 23.7. The number of hydrogen-bond acceptors (Lipinski definition) is 15. The molecule has 0 fully saturated rings. The van der Waals surface area contributed by atoms with Crippen LogP contribution in [0.5, 0.6) is 64.8 Å². The molecule has 16 nitrogen and oxygen atoms in total. The van der Waals surface area contributed by atoms with E-state index in [2.05, 4.69) is 34.1 Å². The SMILES string of the molecule is COc1nc2nc(n1)Oc1cc(cc(OS(=O)(=O)O)c1)Oc1nc(OC)nc(n1)Oc1cccc(c1)O2. The molecule has 0 saturated heterocycles. The normalized spacial score (nSPS) is 12.2. The van der Waals surface area contributed by atoms with Gasteiger partial charge in [0.1, 0.15) is 23.0 Å². The van der Waals surface area contributed by atoms with Crippen LogP contribution < -0.4 is 32.6 Å². The second kappa shape index (κ2) is 9.55. The highest BCUT2D eigenvalue weighted by Crippen LogP contribution is 2.35. The lowest BCUT2D eigenvalue weighted by molar-refractivity contribution is 0.329. The van der Waals surface area contributed by atoms with Crippen molar-refractivity contribution in [2.24, 2.45) is 0 Å². The van der Waals surface area contributed by atoms with E-state index in [0.717, 1.165) is 12.1 Å². The van der Waals surface area contributed by atoms with Gasteiger partial charge in [0.2, 0.25) is 0 Å². The Morgan fingerprint density at radius 2 is 1.05 bits per heavy atom. The molecule has 17 heteroatoms. The Kier molecular flexibility index (Phi) is 6.12. The van der Waals surface area contributed by atoms with Crippen LogP contribution in [0.15, 0.2) is 42.5 Å². The van der Waals surface area contributed by atoms with E-state index >= 15 is 0 Å². The topological polar surface area (TPSA) is 196 Å². The number of fused-ring (bicyclic) bond motifs is 8. The molecule has 3 heterocycles. The Morgan fingerprint density at radius 3 is 1.46 bits per heavy atom. The molecular weight excluding hydrogens is 516 g/mol. The summed E-state index contributed by atoms with van der Waals surface area (Å²) in [6, 6.07) is 8.65. The Balaban J connectivity index is 1.66. The van der Waals surface area contributed by atoms with E-state index in [1.54, 1.807) is 18.2 Å². The van der Waals surface area contributed by atoms with E-state index in [0.29, 0.717) is 0 Å². The molecule has 2 aromatic heterocycles. The van der Waals surface area contributed by atoms with Crippen LogP contribution in [-0.2, 0) is 10.4 Å². The number of ether oxygens (including phenoxy) is 6. The molecule has 1 aliphatic rings. The van der Waals surface area contributed by atoms with E-state index in [1.807, 2.05) is 0 Å². The van der Waals surface area contributed by atoms with Gasteiger partial charge in [-0.15, -0.1) is 29.9 Å². The third kappa shape index (κ3) is 5.97. The smallest absolute Gasteiger partial charge is 0.446 e. The van der Waals surface area contributed by atoms with Crippen LogP contribution in [0, 0.1) is 0 Å². The molecule has 37 heavy (non-hydrogen) atoms. The maximum absolute atomic E-state index is 11.3. The maximum Gasteiger partial charge on any atom is 0.446 e. The van der Waals surface area contributed by atoms with Crippen molar-refractivity contribution in [2.45, 2.75) is 0 Å². The molecule has 2 aromatic carbocycles. The van der Waals surface area contributed by atoms with Gasteiger partial charge in [0.15, 0.2) is 5.75 Å². The largest absolute Gasteiger partial charge is 0.467 e. The van der Waals surface area contributed by atoms with Crippen molar-refractivity contribution in [3.05, 3.63) is 42.5 Å². The molecule has 0 spiro atoms. The first-order chi connectivity index (χ1) is 17.7. The summed E-state index contributed by atoms with van der Waals surface area (Å²) in [7, 11) is -2.25. The fraction of sp³-hybridized carbons (Fsp3) is 0.100. The Bertz CT molecular complexity index is 1490. The molecule has 1 N–H and O–H groups in total. The van der Waals surface area contributed by atoms with Crippen LogP contribution in [0.2, 0.25) is 0 Å². The zero-order chi connectivity index (χ0) is 26.0. The van der Waals surface area contributed by atoms with Crippen molar-refractivity contribution < 1.29 is 45.6 Å². The molecule has 8 bridgehead atoms. The molecule has 0 amide bonds. The first-order valence-electron chi connectivity index (χ1n) is 9.98. The lowest BCUT2D eigenvalue weighted by atomic mass is 10.3. The van der Waals surface area contributed by atoms with E-state index in [-0.39, 0.29) is 64.8 Å². The second-order valence-corrected chi connectivity index (χ2v) is 7.83. The van der Waals surface area contributed by atoms with E-state index in [1.165, 1.54) is 26.4 Å². The monoisotopic (exact) mass is 530 g/mol. The van der Waals surface area contributed by atoms with Gasteiger partial charge in [-0.05, 0) is 12.1 Å². The molecule has 0 radical (unpaired) electrons. The lowest BCUT2D eigenvalue weighted by Gasteiger charge is -2.13. The number of nitrogens with zero attached hydrogens (tertiary/aromatic N) is 6. The van der Waals surface area contributed by atoms with E-state index in [9.17, 15) is 8.42 Å². The summed E-state index contributed by atoms with van der Waals surface area (Å²) >= 11 is 0. The average Bonchev–Trinajstić information content (AvgIpc) is 2.82. The maximum atomic E-state index is 11.3. The predicted molar refractivity (Wildman–Crippen MR) is 118 cm³/mol. The molecule has 190 valence electrons. The second-order valence-electron chi connectivity index (χ2n) is 6.81. The fourth-order valence-electron chi connectivity index (χ4n) is 2.86. The van der Waals surface area contributed by atoms with Crippen molar-refractivity contribution in [3.63, 3.8) is 0 Å². The minimum absolute atomic E-state index is 0.0815. The average molecular weight is 530 g/mol. The van der Waals surface area contributed by atoms with Crippen LogP contribution in [0.25, 0.3) is 0 Å². The minimum atomic E-state index is -4.90. The van der Waals surface area contributed by atoms with E-state index in [4.69, 9.17) is 33.0 Å². The molecule has 0 aliphatic carbocycles.